The number of pyridine rings is 1. The first-order valence-electron chi connectivity index (χ1n) is 10.3. The number of benzene rings is 1. The second kappa shape index (κ2) is 8.47. The van der Waals surface area contributed by atoms with E-state index in [1.165, 1.54) is 6.42 Å². The van der Waals surface area contributed by atoms with Crippen LogP contribution in [0.2, 0.25) is 0 Å². The van der Waals surface area contributed by atoms with Crippen molar-refractivity contribution in [2.75, 3.05) is 11.4 Å². The lowest BCUT2D eigenvalue weighted by Gasteiger charge is -2.22. The molecular weight excluding hydrogens is 364 g/mol. The van der Waals surface area contributed by atoms with Crippen LogP contribution in [0.5, 0.6) is 0 Å². The van der Waals surface area contributed by atoms with Gasteiger partial charge in [0.1, 0.15) is 0 Å². The van der Waals surface area contributed by atoms with Gasteiger partial charge in [-0.15, -0.1) is 0 Å². The highest BCUT2D eigenvalue weighted by Gasteiger charge is 2.26. The molecule has 2 amide bonds. The third kappa shape index (κ3) is 3.88. The molecule has 1 fully saturated rings. The van der Waals surface area contributed by atoms with Gasteiger partial charge in [0.15, 0.2) is 5.69 Å². The number of hydrogen-bond donors (Lipinski definition) is 1. The molecule has 29 heavy (non-hydrogen) atoms. The summed E-state index contributed by atoms with van der Waals surface area (Å²) in [5, 5.41) is 3.11. The van der Waals surface area contributed by atoms with E-state index in [0.29, 0.717) is 17.8 Å². The predicted octanol–water partition coefficient (Wildman–Crippen LogP) is 4.06. The van der Waals surface area contributed by atoms with Gasteiger partial charge in [-0.05, 0) is 44.0 Å². The van der Waals surface area contributed by atoms with Crippen LogP contribution in [-0.4, -0.2) is 33.8 Å². The van der Waals surface area contributed by atoms with E-state index in [9.17, 15) is 9.59 Å². The van der Waals surface area contributed by atoms with Crippen LogP contribution < -0.4 is 10.2 Å². The van der Waals surface area contributed by atoms with Crippen LogP contribution in [0.1, 0.15) is 60.1 Å². The maximum absolute atomic E-state index is 13.3. The zero-order valence-corrected chi connectivity index (χ0v) is 16.7. The van der Waals surface area contributed by atoms with Gasteiger partial charge < -0.3 is 10.2 Å². The first-order valence-corrected chi connectivity index (χ1v) is 10.3. The fraction of sp³-hybridized carbons (Fsp3) is 0.348. The van der Waals surface area contributed by atoms with Crippen molar-refractivity contribution in [1.82, 2.24) is 14.7 Å². The van der Waals surface area contributed by atoms with Crippen molar-refractivity contribution in [3.05, 3.63) is 66.2 Å². The van der Waals surface area contributed by atoms with Crippen molar-refractivity contribution < 1.29 is 9.59 Å². The zero-order valence-electron chi connectivity index (χ0n) is 16.7. The predicted molar refractivity (Wildman–Crippen MR) is 113 cm³/mol. The maximum atomic E-state index is 13.3. The van der Waals surface area contributed by atoms with Gasteiger partial charge in [0, 0.05) is 24.5 Å². The highest BCUT2D eigenvalue weighted by atomic mass is 16.2. The van der Waals surface area contributed by atoms with Crippen molar-refractivity contribution in [3.8, 4) is 0 Å². The van der Waals surface area contributed by atoms with E-state index in [1.54, 1.807) is 15.5 Å². The summed E-state index contributed by atoms with van der Waals surface area (Å²) in [4.78, 5) is 32.5. The molecule has 0 radical (unpaired) electrons. The standard InChI is InChI=1S/C23H26N4O2/c1-2-26(18-13-7-4-8-14-18)23(29)21-25-20(19-15-9-10-16-27(19)21)22(28)24-17-11-5-3-6-12-17/h4,7-10,13-17H,2-3,5-6,11-12H2,1H3,(H,24,28). The molecule has 0 atom stereocenters. The third-order valence-corrected chi connectivity index (χ3v) is 5.52. The Morgan fingerprint density at radius 3 is 2.52 bits per heavy atom. The molecule has 4 rings (SSSR count). The highest BCUT2D eigenvalue weighted by molar-refractivity contribution is 6.07. The fourth-order valence-electron chi connectivity index (χ4n) is 4.03. The molecule has 150 valence electrons. The molecule has 1 aliphatic carbocycles. The van der Waals surface area contributed by atoms with Gasteiger partial charge in [-0.1, -0.05) is 43.5 Å². The molecule has 2 heterocycles. The largest absolute Gasteiger partial charge is 0.348 e. The lowest BCUT2D eigenvalue weighted by molar-refractivity contribution is 0.0925. The zero-order chi connectivity index (χ0) is 20.2. The monoisotopic (exact) mass is 390 g/mol. The Bertz CT molecular complexity index is 1010. The van der Waals surface area contributed by atoms with Crippen molar-refractivity contribution >= 4 is 23.0 Å². The Hall–Kier alpha value is -3.15. The summed E-state index contributed by atoms with van der Waals surface area (Å²) in [5.74, 6) is -0.181. The molecular formula is C23H26N4O2. The molecule has 1 aliphatic rings. The molecule has 1 N–H and O–H groups in total. The Labute approximate surface area is 170 Å². The van der Waals surface area contributed by atoms with Crippen LogP contribution >= 0.6 is 0 Å². The van der Waals surface area contributed by atoms with E-state index < -0.39 is 0 Å². The third-order valence-electron chi connectivity index (χ3n) is 5.52. The van der Waals surface area contributed by atoms with Crippen LogP contribution in [0.3, 0.4) is 0 Å². The summed E-state index contributed by atoms with van der Waals surface area (Å²) in [5.41, 5.74) is 1.76. The number of para-hydroxylation sites is 1. The lowest BCUT2D eigenvalue weighted by Crippen LogP contribution is -2.36. The molecule has 0 unspecified atom stereocenters. The smallest absolute Gasteiger partial charge is 0.294 e. The molecule has 2 aromatic heterocycles. The SMILES string of the molecule is CCN(C(=O)c1nc(C(=O)NC2CCCCC2)c2ccccn12)c1ccccc1. The number of anilines is 1. The molecule has 0 aliphatic heterocycles. The van der Waals surface area contributed by atoms with Crippen molar-refractivity contribution in [3.63, 3.8) is 0 Å². The number of aromatic nitrogens is 2. The average molecular weight is 390 g/mol. The molecule has 0 spiro atoms. The number of nitrogens with zero attached hydrogens (tertiary/aromatic N) is 3. The fourth-order valence-corrected chi connectivity index (χ4v) is 4.03. The minimum atomic E-state index is -0.225. The summed E-state index contributed by atoms with van der Waals surface area (Å²) in [7, 11) is 0. The van der Waals surface area contributed by atoms with E-state index >= 15 is 0 Å². The van der Waals surface area contributed by atoms with Gasteiger partial charge >= 0.3 is 0 Å². The topological polar surface area (TPSA) is 66.7 Å². The van der Waals surface area contributed by atoms with Crippen LogP contribution in [0, 0.1) is 0 Å². The van der Waals surface area contributed by atoms with E-state index in [2.05, 4.69) is 10.3 Å². The number of fused-ring (bicyclic) bond motifs is 1. The highest BCUT2D eigenvalue weighted by Crippen LogP contribution is 2.21. The van der Waals surface area contributed by atoms with Gasteiger partial charge in [-0.3, -0.25) is 14.0 Å². The summed E-state index contributed by atoms with van der Waals surface area (Å²) in [6.07, 6.45) is 7.29. The first-order chi connectivity index (χ1) is 14.2. The summed E-state index contributed by atoms with van der Waals surface area (Å²) < 4.78 is 1.71. The average Bonchev–Trinajstić information content (AvgIpc) is 3.16. The number of hydrogen-bond acceptors (Lipinski definition) is 3. The molecule has 0 saturated heterocycles. The molecule has 0 bridgehead atoms. The second-order valence-electron chi connectivity index (χ2n) is 7.43. The molecule has 1 aromatic carbocycles. The molecule has 3 aromatic rings. The van der Waals surface area contributed by atoms with E-state index in [-0.39, 0.29) is 23.7 Å². The van der Waals surface area contributed by atoms with E-state index in [0.717, 1.165) is 31.4 Å². The normalized spacial score (nSPS) is 14.7. The molecule has 6 nitrogen and oxygen atoms in total. The maximum Gasteiger partial charge on any atom is 0.294 e. The number of carbonyl (C=O) groups is 2. The number of amides is 2. The Morgan fingerprint density at radius 1 is 1.07 bits per heavy atom. The second-order valence-corrected chi connectivity index (χ2v) is 7.43. The van der Waals surface area contributed by atoms with Crippen molar-refractivity contribution in [2.45, 2.75) is 45.1 Å². The lowest BCUT2D eigenvalue weighted by atomic mass is 9.95. The quantitative estimate of drug-likeness (QED) is 0.714. The van der Waals surface area contributed by atoms with E-state index in [4.69, 9.17) is 0 Å². The Balaban J connectivity index is 1.68. The van der Waals surface area contributed by atoms with Gasteiger partial charge in [0.05, 0.1) is 5.52 Å². The van der Waals surface area contributed by atoms with Crippen molar-refractivity contribution in [2.24, 2.45) is 0 Å². The molecule has 6 heteroatoms. The van der Waals surface area contributed by atoms with Crippen LogP contribution in [0.15, 0.2) is 54.7 Å². The van der Waals surface area contributed by atoms with Crippen LogP contribution in [0.25, 0.3) is 5.52 Å². The van der Waals surface area contributed by atoms with Gasteiger partial charge in [-0.25, -0.2) is 4.98 Å². The Kier molecular flexibility index (Phi) is 5.60. The Morgan fingerprint density at radius 2 is 1.79 bits per heavy atom. The minimum Gasteiger partial charge on any atom is -0.348 e. The van der Waals surface area contributed by atoms with Crippen LogP contribution in [0.4, 0.5) is 5.69 Å². The summed E-state index contributed by atoms with van der Waals surface area (Å²) in [6, 6.07) is 15.2. The number of nitrogens with one attached hydrogen (secondary N) is 1. The van der Waals surface area contributed by atoms with E-state index in [1.807, 2.05) is 55.5 Å². The minimum absolute atomic E-state index is 0.187. The number of carbonyl (C=O) groups excluding carboxylic acids is 2. The number of rotatable bonds is 5. The van der Waals surface area contributed by atoms with Gasteiger partial charge in [-0.2, -0.15) is 0 Å². The van der Waals surface area contributed by atoms with Crippen LogP contribution in [-0.2, 0) is 0 Å². The molecule has 1 saturated carbocycles. The summed E-state index contributed by atoms with van der Waals surface area (Å²) in [6.45, 7) is 2.44. The summed E-state index contributed by atoms with van der Waals surface area (Å²) >= 11 is 0. The van der Waals surface area contributed by atoms with Gasteiger partial charge in [0.25, 0.3) is 11.8 Å². The number of imidazole rings is 1. The van der Waals surface area contributed by atoms with Crippen molar-refractivity contribution in [1.29, 1.82) is 0 Å². The van der Waals surface area contributed by atoms with Gasteiger partial charge in [0.2, 0.25) is 5.82 Å². The first kappa shape index (κ1) is 19.2.